The molecule has 0 saturated carbocycles. The van der Waals surface area contributed by atoms with Crippen molar-refractivity contribution in [3.05, 3.63) is 0 Å². The van der Waals surface area contributed by atoms with Crippen LogP contribution in [-0.4, -0.2) is 48.3 Å². The molecule has 0 aliphatic carbocycles. The number of carbonyl (C=O) groups is 1. The summed E-state index contributed by atoms with van der Waals surface area (Å²) < 4.78 is 60.1. The minimum Gasteiger partial charge on any atom is -0.480 e. The van der Waals surface area contributed by atoms with Gasteiger partial charge < -0.3 is 5.11 Å². The van der Waals surface area contributed by atoms with Crippen LogP contribution >= 0.6 is 0 Å². The van der Waals surface area contributed by atoms with Crippen LogP contribution in [0.2, 0.25) is 0 Å². The van der Waals surface area contributed by atoms with Gasteiger partial charge in [-0.2, -0.15) is 13.2 Å². The third-order valence-electron chi connectivity index (χ3n) is 2.78. The van der Waals surface area contributed by atoms with E-state index in [9.17, 15) is 26.4 Å². The number of alkyl halides is 3. The number of sulfone groups is 1. The molecule has 0 saturated heterocycles. The Morgan fingerprint density at radius 1 is 1.16 bits per heavy atom. The van der Waals surface area contributed by atoms with Crippen molar-refractivity contribution in [1.82, 2.24) is 5.32 Å². The van der Waals surface area contributed by atoms with E-state index >= 15 is 0 Å². The van der Waals surface area contributed by atoms with Crippen LogP contribution < -0.4 is 5.32 Å². The minimum absolute atomic E-state index is 0.457. The van der Waals surface area contributed by atoms with Crippen molar-refractivity contribution in [1.29, 1.82) is 0 Å². The van der Waals surface area contributed by atoms with Gasteiger partial charge in [0.15, 0.2) is 9.84 Å². The first-order valence-corrected chi connectivity index (χ1v) is 7.08. The van der Waals surface area contributed by atoms with Crippen molar-refractivity contribution < 1.29 is 31.5 Å². The third kappa shape index (κ3) is 4.07. The van der Waals surface area contributed by atoms with Crippen LogP contribution in [0.3, 0.4) is 0 Å². The van der Waals surface area contributed by atoms with E-state index in [4.69, 9.17) is 5.11 Å². The van der Waals surface area contributed by atoms with Gasteiger partial charge in [0, 0.05) is 6.54 Å². The molecule has 9 heteroatoms. The molecule has 1 atom stereocenters. The van der Waals surface area contributed by atoms with Crippen LogP contribution in [0.5, 0.6) is 0 Å². The Morgan fingerprint density at radius 3 is 1.84 bits per heavy atom. The van der Waals surface area contributed by atoms with E-state index in [2.05, 4.69) is 0 Å². The van der Waals surface area contributed by atoms with E-state index in [1.807, 2.05) is 0 Å². The van der Waals surface area contributed by atoms with Gasteiger partial charge >= 0.3 is 12.1 Å². The minimum atomic E-state index is -5.02. The predicted molar refractivity (Wildman–Crippen MR) is 63.6 cm³/mol. The van der Waals surface area contributed by atoms with Crippen LogP contribution in [0.4, 0.5) is 13.2 Å². The van der Waals surface area contributed by atoms with Crippen LogP contribution in [-0.2, 0) is 14.6 Å². The molecule has 2 N–H and O–H groups in total. The molecule has 0 amide bonds. The van der Waals surface area contributed by atoms with Crippen LogP contribution in [0.25, 0.3) is 0 Å². The second-order valence-electron chi connectivity index (χ2n) is 5.29. The molecule has 0 spiro atoms. The van der Waals surface area contributed by atoms with Crippen LogP contribution in [0, 0.1) is 0 Å². The van der Waals surface area contributed by atoms with Gasteiger partial charge in [0.1, 0.15) is 0 Å². The summed E-state index contributed by atoms with van der Waals surface area (Å²) >= 11 is 0. The number of hydrogen-bond donors (Lipinski definition) is 2. The predicted octanol–water partition coefficient (Wildman–Crippen LogP) is 1.19. The topological polar surface area (TPSA) is 83.5 Å². The molecular weight excluding hydrogens is 287 g/mol. The fourth-order valence-electron chi connectivity index (χ4n) is 1.04. The Hall–Kier alpha value is -0.830. The fraction of sp³-hybridized carbons (Fsp3) is 0.900. The van der Waals surface area contributed by atoms with E-state index in [1.54, 1.807) is 5.32 Å². The quantitative estimate of drug-likeness (QED) is 0.797. The lowest BCUT2D eigenvalue weighted by atomic mass is 10.0. The van der Waals surface area contributed by atoms with E-state index in [1.165, 1.54) is 20.8 Å². The molecular formula is C10H18F3NO4S. The average Bonchev–Trinajstić information content (AvgIpc) is 2.12. The molecule has 0 aliphatic heterocycles. The lowest BCUT2D eigenvalue weighted by Crippen LogP contribution is -2.61. The SMILES string of the molecule is CC(NCCS(=O)(=O)C(C)(C)C)(C(=O)O)C(F)(F)F. The van der Waals surface area contributed by atoms with Gasteiger partial charge in [0.25, 0.3) is 0 Å². The fourth-order valence-corrected chi connectivity index (χ4v) is 2.02. The second kappa shape index (κ2) is 5.28. The zero-order chi connectivity index (χ0) is 15.7. The summed E-state index contributed by atoms with van der Waals surface area (Å²) in [6.45, 7) is 4.12. The zero-order valence-electron chi connectivity index (χ0n) is 11.1. The number of carboxylic acid groups (broad SMARTS) is 1. The Morgan fingerprint density at radius 2 is 1.58 bits per heavy atom. The van der Waals surface area contributed by atoms with Gasteiger partial charge in [-0.1, -0.05) is 0 Å². The number of hydrogen-bond acceptors (Lipinski definition) is 4. The first kappa shape index (κ1) is 18.2. The summed E-state index contributed by atoms with van der Waals surface area (Å²) in [4.78, 5) is 10.7. The van der Waals surface area contributed by atoms with Crippen LogP contribution in [0.1, 0.15) is 27.7 Å². The summed E-state index contributed by atoms with van der Waals surface area (Å²) in [5, 5.41) is 10.4. The zero-order valence-corrected chi connectivity index (χ0v) is 11.9. The summed E-state index contributed by atoms with van der Waals surface area (Å²) in [6.07, 6.45) is -5.02. The smallest absolute Gasteiger partial charge is 0.417 e. The molecule has 0 rings (SSSR count). The number of nitrogens with one attached hydrogen (secondary N) is 1. The summed E-state index contributed by atoms with van der Waals surface area (Å²) in [5.41, 5.74) is -3.17. The lowest BCUT2D eigenvalue weighted by molar-refractivity contribution is -0.205. The summed E-state index contributed by atoms with van der Waals surface area (Å²) in [7, 11) is -3.61. The highest BCUT2D eigenvalue weighted by Gasteiger charge is 2.57. The number of rotatable bonds is 5. The van der Waals surface area contributed by atoms with Gasteiger partial charge in [0.05, 0.1) is 10.5 Å². The molecule has 5 nitrogen and oxygen atoms in total. The van der Waals surface area contributed by atoms with Crippen molar-refractivity contribution in [2.45, 2.75) is 44.2 Å². The monoisotopic (exact) mass is 305 g/mol. The number of aliphatic carboxylic acids is 1. The molecule has 0 aliphatic rings. The molecule has 0 aromatic carbocycles. The number of carboxylic acids is 1. The third-order valence-corrected chi connectivity index (χ3v) is 5.38. The second-order valence-corrected chi connectivity index (χ2v) is 8.15. The maximum Gasteiger partial charge on any atom is 0.417 e. The standard InChI is InChI=1S/C10H18F3NO4S/c1-8(2,3)19(17,18)6-5-14-9(4,7(15)16)10(11,12)13/h14H,5-6H2,1-4H3,(H,15,16). The van der Waals surface area contributed by atoms with E-state index in [0.29, 0.717) is 6.92 Å². The molecule has 0 heterocycles. The van der Waals surface area contributed by atoms with Crippen molar-refractivity contribution in [3.63, 3.8) is 0 Å². The summed E-state index contributed by atoms with van der Waals surface area (Å²) in [5.74, 6) is -2.68. The van der Waals surface area contributed by atoms with Crippen molar-refractivity contribution in [3.8, 4) is 0 Å². The Labute approximate surface area is 110 Å². The Kier molecular flexibility index (Phi) is 5.05. The van der Waals surface area contributed by atoms with Gasteiger partial charge in [-0.05, 0) is 27.7 Å². The first-order valence-electron chi connectivity index (χ1n) is 5.42. The average molecular weight is 305 g/mol. The van der Waals surface area contributed by atoms with Crippen molar-refractivity contribution in [2.75, 3.05) is 12.3 Å². The molecule has 0 aromatic rings. The normalized spacial score (nSPS) is 17.0. The molecule has 0 fully saturated rings. The highest BCUT2D eigenvalue weighted by molar-refractivity contribution is 7.92. The van der Waals surface area contributed by atoms with Gasteiger partial charge in [0.2, 0.25) is 5.54 Å². The molecule has 114 valence electrons. The molecule has 0 radical (unpaired) electrons. The van der Waals surface area contributed by atoms with Gasteiger partial charge in [-0.15, -0.1) is 0 Å². The van der Waals surface area contributed by atoms with E-state index < -0.39 is 44.6 Å². The number of halogens is 3. The van der Waals surface area contributed by atoms with Gasteiger partial charge in [-0.3, -0.25) is 5.32 Å². The molecule has 0 bridgehead atoms. The van der Waals surface area contributed by atoms with Crippen LogP contribution in [0.15, 0.2) is 0 Å². The maximum absolute atomic E-state index is 12.6. The molecule has 1 unspecified atom stereocenters. The van der Waals surface area contributed by atoms with E-state index in [0.717, 1.165) is 0 Å². The van der Waals surface area contributed by atoms with Crippen molar-refractivity contribution >= 4 is 15.8 Å². The molecule has 0 aromatic heterocycles. The lowest BCUT2D eigenvalue weighted by Gasteiger charge is -2.29. The van der Waals surface area contributed by atoms with Gasteiger partial charge in [-0.25, -0.2) is 13.2 Å². The Bertz CT molecular complexity index is 439. The summed E-state index contributed by atoms with van der Waals surface area (Å²) in [6, 6.07) is 0. The molecule has 19 heavy (non-hydrogen) atoms. The van der Waals surface area contributed by atoms with E-state index in [-0.39, 0.29) is 0 Å². The first-order chi connectivity index (χ1) is 8.15. The Balaban J connectivity index is 4.87. The van der Waals surface area contributed by atoms with Crippen molar-refractivity contribution in [2.24, 2.45) is 0 Å². The highest BCUT2D eigenvalue weighted by atomic mass is 32.2. The maximum atomic E-state index is 12.6. The largest absolute Gasteiger partial charge is 0.480 e. The highest BCUT2D eigenvalue weighted by Crippen LogP contribution is 2.30.